The lowest BCUT2D eigenvalue weighted by Crippen LogP contribution is -2.37. The quantitative estimate of drug-likeness (QED) is 0.747. The second kappa shape index (κ2) is 6.99. The van der Waals surface area contributed by atoms with Crippen molar-refractivity contribution in [3.8, 4) is 0 Å². The highest BCUT2D eigenvalue weighted by molar-refractivity contribution is 7.92. The van der Waals surface area contributed by atoms with Gasteiger partial charge in [0.1, 0.15) is 6.54 Å². The molecule has 0 radical (unpaired) electrons. The molecule has 0 atom stereocenters. The van der Waals surface area contributed by atoms with Crippen LogP contribution < -0.4 is 4.72 Å². The van der Waals surface area contributed by atoms with E-state index in [1.54, 1.807) is 25.1 Å². The molecule has 7 nitrogen and oxygen atoms in total. The number of aliphatic carboxylic acids is 1. The number of sulfonamides is 1. The summed E-state index contributed by atoms with van der Waals surface area (Å²) in [6, 6.07) is 6.08. The van der Waals surface area contributed by atoms with Gasteiger partial charge in [0, 0.05) is 17.3 Å². The van der Waals surface area contributed by atoms with Gasteiger partial charge in [-0.15, -0.1) is 0 Å². The van der Waals surface area contributed by atoms with Crippen LogP contribution >= 0.6 is 0 Å². The molecule has 1 saturated carbocycles. The Morgan fingerprint density at radius 1 is 1.35 bits per heavy atom. The lowest BCUT2D eigenvalue weighted by Gasteiger charge is -2.20. The van der Waals surface area contributed by atoms with Crippen LogP contribution in [0.3, 0.4) is 0 Å². The molecule has 0 unspecified atom stereocenters. The van der Waals surface area contributed by atoms with Crippen molar-refractivity contribution in [1.29, 1.82) is 0 Å². The van der Waals surface area contributed by atoms with Crippen LogP contribution in [0.4, 0.5) is 5.69 Å². The largest absolute Gasteiger partial charge is 0.480 e. The Labute approximate surface area is 135 Å². The van der Waals surface area contributed by atoms with Gasteiger partial charge in [-0.3, -0.25) is 14.3 Å². The minimum absolute atomic E-state index is 0.00160. The lowest BCUT2D eigenvalue weighted by atomic mass is 10.1. The van der Waals surface area contributed by atoms with E-state index in [4.69, 9.17) is 5.11 Å². The van der Waals surface area contributed by atoms with E-state index in [-0.39, 0.29) is 23.9 Å². The monoisotopic (exact) mass is 340 g/mol. The Morgan fingerprint density at radius 2 is 2.04 bits per heavy atom. The zero-order valence-corrected chi connectivity index (χ0v) is 13.7. The van der Waals surface area contributed by atoms with Gasteiger partial charge in [0.15, 0.2) is 0 Å². The van der Waals surface area contributed by atoms with Crippen LogP contribution in [-0.4, -0.2) is 48.6 Å². The summed E-state index contributed by atoms with van der Waals surface area (Å²) in [5, 5.41) is 8.94. The van der Waals surface area contributed by atoms with Crippen LogP contribution in [0.2, 0.25) is 0 Å². The van der Waals surface area contributed by atoms with E-state index in [2.05, 4.69) is 4.72 Å². The molecule has 126 valence electrons. The third-order valence-electron chi connectivity index (χ3n) is 3.41. The zero-order chi connectivity index (χ0) is 17.0. The van der Waals surface area contributed by atoms with Crippen molar-refractivity contribution in [2.45, 2.75) is 32.2 Å². The first-order chi connectivity index (χ1) is 10.8. The Bertz CT molecular complexity index is 698. The average molecular weight is 340 g/mol. The number of rotatable bonds is 8. The summed E-state index contributed by atoms with van der Waals surface area (Å²) in [6.07, 6.45) is 2.08. The second-order valence-corrected chi connectivity index (χ2v) is 7.40. The number of anilines is 1. The predicted octanol–water partition coefficient (Wildman–Crippen LogP) is 1.53. The first kappa shape index (κ1) is 17.3. The molecule has 0 aliphatic heterocycles. The van der Waals surface area contributed by atoms with Crippen LogP contribution in [0, 0.1) is 0 Å². The van der Waals surface area contributed by atoms with Crippen molar-refractivity contribution < 1.29 is 23.1 Å². The van der Waals surface area contributed by atoms with E-state index in [0.717, 1.165) is 12.8 Å². The SMILES string of the molecule is CCCS(=O)(=O)Nc1cccc(C(=O)N(CC(=O)O)C2CC2)c1. The second-order valence-electron chi connectivity index (χ2n) is 5.56. The van der Waals surface area contributed by atoms with Crippen molar-refractivity contribution in [2.24, 2.45) is 0 Å². The molecule has 23 heavy (non-hydrogen) atoms. The summed E-state index contributed by atoms with van der Waals surface area (Å²) in [5.41, 5.74) is 0.574. The fourth-order valence-corrected chi connectivity index (χ4v) is 3.41. The number of nitrogens with one attached hydrogen (secondary N) is 1. The molecule has 1 amide bonds. The predicted molar refractivity (Wildman–Crippen MR) is 85.8 cm³/mol. The molecule has 2 N–H and O–H groups in total. The number of benzene rings is 1. The van der Waals surface area contributed by atoms with Crippen molar-refractivity contribution in [3.63, 3.8) is 0 Å². The summed E-state index contributed by atoms with van der Waals surface area (Å²) < 4.78 is 26.0. The summed E-state index contributed by atoms with van der Waals surface area (Å²) >= 11 is 0. The number of hydrogen-bond donors (Lipinski definition) is 2. The highest BCUT2D eigenvalue weighted by Gasteiger charge is 2.34. The fourth-order valence-electron chi connectivity index (χ4n) is 2.28. The van der Waals surface area contributed by atoms with Gasteiger partial charge in [0.05, 0.1) is 5.75 Å². The van der Waals surface area contributed by atoms with Gasteiger partial charge in [0.2, 0.25) is 10.0 Å². The molecule has 0 bridgehead atoms. The van der Waals surface area contributed by atoms with E-state index >= 15 is 0 Å². The standard InChI is InChI=1S/C15H20N2O5S/c1-2-8-23(21,22)16-12-5-3-4-11(9-12)15(20)17(10-14(18)19)13-6-7-13/h3-5,9,13,16H,2,6-8,10H2,1H3,(H,18,19). The lowest BCUT2D eigenvalue weighted by molar-refractivity contribution is -0.137. The van der Waals surface area contributed by atoms with E-state index in [0.29, 0.717) is 12.1 Å². The van der Waals surface area contributed by atoms with Gasteiger partial charge in [-0.25, -0.2) is 8.42 Å². The maximum absolute atomic E-state index is 12.5. The van der Waals surface area contributed by atoms with Crippen LogP contribution in [0.25, 0.3) is 0 Å². The highest BCUT2D eigenvalue weighted by Crippen LogP contribution is 2.28. The Morgan fingerprint density at radius 3 is 2.61 bits per heavy atom. The third kappa shape index (κ3) is 4.95. The van der Waals surface area contributed by atoms with Gasteiger partial charge in [-0.05, 0) is 37.5 Å². The summed E-state index contributed by atoms with van der Waals surface area (Å²) in [6.45, 7) is 1.41. The van der Waals surface area contributed by atoms with E-state index in [1.807, 2.05) is 0 Å². The average Bonchev–Trinajstić information content (AvgIpc) is 3.28. The number of carboxylic acid groups (broad SMARTS) is 1. The molecule has 2 rings (SSSR count). The molecular weight excluding hydrogens is 320 g/mol. The van der Waals surface area contributed by atoms with Gasteiger partial charge in [-0.2, -0.15) is 0 Å². The first-order valence-electron chi connectivity index (χ1n) is 7.45. The molecule has 8 heteroatoms. The van der Waals surface area contributed by atoms with E-state index < -0.39 is 21.9 Å². The van der Waals surface area contributed by atoms with E-state index in [1.165, 1.54) is 11.0 Å². The number of carbonyl (C=O) groups excluding carboxylic acids is 1. The molecule has 0 saturated heterocycles. The van der Waals surface area contributed by atoms with Gasteiger partial charge in [-0.1, -0.05) is 13.0 Å². The Kier molecular flexibility index (Phi) is 5.25. The topological polar surface area (TPSA) is 104 Å². The molecule has 1 fully saturated rings. The summed E-state index contributed by atoms with van der Waals surface area (Å²) in [4.78, 5) is 24.7. The highest BCUT2D eigenvalue weighted by atomic mass is 32.2. The minimum Gasteiger partial charge on any atom is -0.480 e. The van der Waals surface area contributed by atoms with E-state index in [9.17, 15) is 18.0 Å². The van der Waals surface area contributed by atoms with Gasteiger partial charge >= 0.3 is 5.97 Å². The Hall–Kier alpha value is -2.09. The molecule has 1 aliphatic rings. The smallest absolute Gasteiger partial charge is 0.323 e. The first-order valence-corrected chi connectivity index (χ1v) is 9.11. The number of carbonyl (C=O) groups is 2. The normalized spacial score (nSPS) is 14.3. The fraction of sp³-hybridized carbons (Fsp3) is 0.467. The molecule has 0 spiro atoms. The van der Waals surface area contributed by atoms with Crippen LogP contribution in [-0.2, 0) is 14.8 Å². The van der Waals surface area contributed by atoms with Gasteiger partial charge < -0.3 is 10.0 Å². The number of amides is 1. The third-order valence-corrected chi connectivity index (χ3v) is 4.90. The molecule has 1 aliphatic carbocycles. The molecule has 0 heterocycles. The molecule has 1 aromatic rings. The van der Waals surface area contributed by atoms with Crippen molar-refractivity contribution in [2.75, 3.05) is 17.0 Å². The van der Waals surface area contributed by atoms with Crippen LogP contribution in [0.15, 0.2) is 24.3 Å². The maximum atomic E-state index is 12.5. The van der Waals surface area contributed by atoms with Crippen LogP contribution in [0.5, 0.6) is 0 Å². The summed E-state index contributed by atoms with van der Waals surface area (Å²) in [5.74, 6) is -1.46. The zero-order valence-electron chi connectivity index (χ0n) is 12.9. The Balaban J connectivity index is 2.17. The van der Waals surface area contributed by atoms with Crippen molar-refractivity contribution in [1.82, 2.24) is 4.90 Å². The molecular formula is C15H20N2O5S. The minimum atomic E-state index is -3.44. The number of nitrogens with zero attached hydrogens (tertiary/aromatic N) is 1. The van der Waals surface area contributed by atoms with Crippen molar-refractivity contribution >= 4 is 27.6 Å². The number of carboxylic acids is 1. The molecule has 1 aromatic carbocycles. The van der Waals surface area contributed by atoms with Crippen molar-refractivity contribution in [3.05, 3.63) is 29.8 Å². The number of hydrogen-bond acceptors (Lipinski definition) is 4. The maximum Gasteiger partial charge on any atom is 0.323 e. The van der Waals surface area contributed by atoms with Crippen LogP contribution in [0.1, 0.15) is 36.5 Å². The molecule has 0 aromatic heterocycles. The summed E-state index contributed by atoms with van der Waals surface area (Å²) in [7, 11) is -3.44. The van der Waals surface area contributed by atoms with Gasteiger partial charge in [0.25, 0.3) is 5.91 Å².